The largest absolute Gasteiger partial charge is 0.361 e. The quantitative estimate of drug-likeness (QED) is 0.869. The van der Waals surface area contributed by atoms with Crippen LogP contribution in [0, 0.1) is 0 Å². The standard InChI is InChI=1S/C21H24N2O/c1-21(2,3)15-10-8-14(9-11-15)19-22-18-7-5-4-6-17(18)20(24)23(19)16-12-13-16/h4-11,16,19,22H,12-13H2,1-3H3/t19-/m1/s1. The van der Waals surface area contributed by atoms with Gasteiger partial charge in [0, 0.05) is 11.7 Å². The van der Waals surface area contributed by atoms with E-state index >= 15 is 0 Å². The molecule has 1 atom stereocenters. The highest BCUT2D eigenvalue weighted by Gasteiger charge is 2.41. The van der Waals surface area contributed by atoms with E-state index < -0.39 is 0 Å². The molecule has 0 bridgehead atoms. The summed E-state index contributed by atoms with van der Waals surface area (Å²) in [5.74, 6) is 0.150. The van der Waals surface area contributed by atoms with E-state index in [1.807, 2.05) is 29.2 Å². The molecular formula is C21H24N2O. The van der Waals surface area contributed by atoms with Crippen molar-refractivity contribution in [2.45, 2.75) is 51.2 Å². The average Bonchev–Trinajstić information content (AvgIpc) is 3.39. The van der Waals surface area contributed by atoms with Crippen molar-refractivity contribution in [2.75, 3.05) is 5.32 Å². The van der Waals surface area contributed by atoms with E-state index in [2.05, 4.69) is 50.4 Å². The van der Waals surface area contributed by atoms with Gasteiger partial charge in [0.05, 0.1) is 5.56 Å². The van der Waals surface area contributed by atoms with Gasteiger partial charge in [0.2, 0.25) is 0 Å². The van der Waals surface area contributed by atoms with Gasteiger partial charge < -0.3 is 10.2 Å². The highest BCUT2D eigenvalue weighted by molar-refractivity contribution is 6.02. The topological polar surface area (TPSA) is 32.3 Å². The summed E-state index contributed by atoms with van der Waals surface area (Å²) >= 11 is 0. The lowest BCUT2D eigenvalue weighted by molar-refractivity contribution is 0.0666. The molecule has 3 heteroatoms. The smallest absolute Gasteiger partial charge is 0.258 e. The molecule has 0 saturated heterocycles. The molecule has 3 nitrogen and oxygen atoms in total. The van der Waals surface area contributed by atoms with E-state index in [4.69, 9.17) is 0 Å². The third-order valence-electron chi connectivity index (χ3n) is 5.00. The van der Waals surface area contributed by atoms with Crippen LogP contribution in [0.4, 0.5) is 5.69 Å². The minimum Gasteiger partial charge on any atom is -0.361 e. The maximum absolute atomic E-state index is 13.0. The molecule has 24 heavy (non-hydrogen) atoms. The molecule has 2 aromatic rings. The van der Waals surface area contributed by atoms with Crippen molar-refractivity contribution >= 4 is 11.6 Å². The fourth-order valence-electron chi connectivity index (χ4n) is 3.41. The number of nitrogens with one attached hydrogen (secondary N) is 1. The molecule has 0 spiro atoms. The van der Waals surface area contributed by atoms with Crippen LogP contribution in [0.5, 0.6) is 0 Å². The second-order valence-corrected chi connectivity index (χ2v) is 7.91. The first-order valence-electron chi connectivity index (χ1n) is 8.74. The number of anilines is 1. The van der Waals surface area contributed by atoms with Crippen LogP contribution >= 0.6 is 0 Å². The van der Waals surface area contributed by atoms with Gasteiger partial charge in [0.1, 0.15) is 6.17 Å². The summed E-state index contributed by atoms with van der Waals surface area (Å²) < 4.78 is 0. The highest BCUT2D eigenvalue weighted by atomic mass is 16.2. The van der Waals surface area contributed by atoms with Crippen molar-refractivity contribution in [2.24, 2.45) is 0 Å². The minimum atomic E-state index is -0.0751. The van der Waals surface area contributed by atoms with E-state index in [1.165, 1.54) is 5.56 Å². The SMILES string of the molecule is CC(C)(C)c1ccc([C@@H]2Nc3ccccc3C(=O)N2C2CC2)cc1. The predicted molar refractivity (Wildman–Crippen MR) is 97.1 cm³/mol. The Labute approximate surface area is 143 Å². The lowest BCUT2D eigenvalue weighted by atomic mass is 9.86. The van der Waals surface area contributed by atoms with Crippen molar-refractivity contribution < 1.29 is 4.79 Å². The molecule has 2 aliphatic rings. The molecule has 1 aliphatic heterocycles. The number of amides is 1. The number of para-hydroxylation sites is 1. The van der Waals surface area contributed by atoms with Gasteiger partial charge in [-0.2, -0.15) is 0 Å². The molecule has 0 radical (unpaired) electrons. The summed E-state index contributed by atoms with van der Waals surface area (Å²) in [5.41, 5.74) is 4.32. The molecule has 4 rings (SSSR count). The van der Waals surface area contributed by atoms with Gasteiger partial charge in [-0.05, 0) is 41.5 Å². The first-order valence-corrected chi connectivity index (χ1v) is 8.74. The Balaban J connectivity index is 1.72. The number of hydrogen-bond donors (Lipinski definition) is 1. The molecule has 1 N–H and O–H groups in total. The van der Waals surface area contributed by atoms with Gasteiger partial charge in [-0.1, -0.05) is 57.2 Å². The highest BCUT2D eigenvalue weighted by Crippen LogP contribution is 2.40. The van der Waals surface area contributed by atoms with Crippen LogP contribution in [0.3, 0.4) is 0 Å². The number of carbonyl (C=O) groups excluding carboxylic acids is 1. The molecular weight excluding hydrogens is 296 g/mol. The monoisotopic (exact) mass is 320 g/mol. The van der Waals surface area contributed by atoms with E-state index in [1.54, 1.807) is 0 Å². The van der Waals surface area contributed by atoms with Gasteiger partial charge in [-0.3, -0.25) is 4.79 Å². The third-order valence-corrected chi connectivity index (χ3v) is 5.00. The van der Waals surface area contributed by atoms with Crippen LogP contribution in [0.15, 0.2) is 48.5 Å². The van der Waals surface area contributed by atoms with Crippen molar-refractivity contribution in [3.63, 3.8) is 0 Å². The Kier molecular flexibility index (Phi) is 3.41. The Morgan fingerprint density at radius 2 is 1.67 bits per heavy atom. The van der Waals surface area contributed by atoms with Crippen molar-refractivity contribution in [1.29, 1.82) is 0 Å². The van der Waals surface area contributed by atoms with Crippen molar-refractivity contribution in [3.05, 3.63) is 65.2 Å². The van der Waals surface area contributed by atoms with Crippen LogP contribution in [0.2, 0.25) is 0 Å². The lowest BCUT2D eigenvalue weighted by Gasteiger charge is -2.38. The molecule has 1 saturated carbocycles. The summed E-state index contributed by atoms with van der Waals surface area (Å²) in [6, 6.07) is 16.9. The number of rotatable bonds is 2. The summed E-state index contributed by atoms with van der Waals surface area (Å²) in [5, 5.41) is 3.58. The predicted octanol–water partition coefficient (Wildman–Crippen LogP) is 4.71. The van der Waals surface area contributed by atoms with Crippen LogP contribution < -0.4 is 5.32 Å². The zero-order valence-corrected chi connectivity index (χ0v) is 14.5. The van der Waals surface area contributed by atoms with Gasteiger partial charge in [-0.25, -0.2) is 0 Å². The number of carbonyl (C=O) groups is 1. The Hall–Kier alpha value is -2.29. The fraction of sp³-hybridized carbons (Fsp3) is 0.381. The van der Waals surface area contributed by atoms with Gasteiger partial charge in [0.25, 0.3) is 5.91 Å². The Morgan fingerprint density at radius 1 is 1.00 bits per heavy atom. The van der Waals surface area contributed by atoms with Crippen molar-refractivity contribution in [3.8, 4) is 0 Å². The maximum atomic E-state index is 13.0. The third kappa shape index (κ3) is 2.58. The molecule has 0 aromatic heterocycles. The summed E-state index contributed by atoms with van der Waals surface area (Å²) in [6.45, 7) is 6.66. The summed E-state index contributed by atoms with van der Waals surface area (Å²) in [4.78, 5) is 15.0. The molecule has 2 aromatic carbocycles. The molecule has 1 aliphatic carbocycles. The number of nitrogens with zero attached hydrogens (tertiary/aromatic N) is 1. The zero-order chi connectivity index (χ0) is 16.9. The van der Waals surface area contributed by atoms with Crippen LogP contribution in [0.25, 0.3) is 0 Å². The molecule has 1 heterocycles. The molecule has 124 valence electrons. The van der Waals surface area contributed by atoms with Gasteiger partial charge in [0.15, 0.2) is 0 Å². The van der Waals surface area contributed by atoms with Crippen LogP contribution in [-0.4, -0.2) is 16.8 Å². The molecule has 1 amide bonds. The zero-order valence-electron chi connectivity index (χ0n) is 14.5. The second kappa shape index (κ2) is 5.37. The van der Waals surface area contributed by atoms with Crippen LogP contribution in [0.1, 0.15) is 61.3 Å². The van der Waals surface area contributed by atoms with E-state index in [9.17, 15) is 4.79 Å². The first-order chi connectivity index (χ1) is 11.4. The number of benzene rings is 2. The summed E-state index contributed by atoms with van der Waals surface area (Å²) in [7, 11) is 0. The Bertz CT molecular complexity index is 769. The average molecular weight is 320 g/mol. The fourth-order valence-corrected chi connectivity index (χ4v) is 3.41. The first kappa shape index (κ1) is 15.3. The minimum absolute atomic E-state index is 0.0751. The van der Waals surface area contributed by atoms with Gasteiger partial charge >= 0.3 is 0 Å². The lowest BCUT2D eigenvalue weighted by Crippen LogP contribution is -2.44. The normalized spacial score (nSPS) is 20.5. The van der Waals surface area contributed by atoms with E-state index in [0.717, 1.165) is 29.7 Å². The second-order valence-electron chi connectivity index (χ2n) is 7.91. The molecule has 0 unspecified atom stereocenters. The van der Waals surface area contributed by atoms with Crippen LogP contribution in [-0.2, 0) is 5.41 Å². The number of hydrogen-bond acceptors (Lipinski definition) is 2. The van der Waals surface area contributed by atoms with E-state index in [-0.39, 0.29) is 17.5 Å². The maximum Gasteiger partial charge on any atom is 0.258 e. The Morgan fingerprint density at radius 3 is 2.29 bits per heavy atom. The molecule has 1 fully saturated rings. The van der Waals surface area contributed by atoms with Crippen molar-refractivity contribution in [1.82, 2.24) is 4.90 Å². The summed E-state index contributed by atoms with van der Waals surface area (Å²) in [6.07, 6.45) is 2.13. The van der Waals surface area contributed by atoms with Gasteiger partial charge in [-0.15, -0.1) is 0 Å². The number of fused-ring (bicyclic) bond motifs is 1. The van der Waals surface area contributed by atoms with E-state index in [0.29, 0.717) is 6.04 Å².